The van der Waals surface area contributed by atoms with Gasteiger partial charge in [-0.25, -0.2) is 0 Å². The Morgan fingerprint density at radius 2 is 1.55 bits per heavy atom. The number of hydrogen-bond donors (Lipinski definition) is 1. The van der Waals surface area contributed by atoms with Crippen molar-refractivity contribution in [2.75, 3.05) is 0 Å². The minimum atomic E-state index is 0.556. The average Bonchev–Trinajstić information content (AvgIpc) is 2.61. The second-order valence-electron chi connectivity index (χ2n) is 6.17. The zero-order chi connectivity index (χ0) is 15.2. The molecule has 0 amide bonds. The molecular formula is C20H25NO. The summed E-state index contributed by atoms with van der Waals surface area (Å²) in [7, 11) is 0. The van der Waals surface area contributed by atoms with E-state index in [4.69, 9.17) is 10.5 Å². The largest absolute Gasteiger partial charge is 0.489 e. The predicted octanol–water partition coefficient (Wildman–Crippen LogP) is 4.77. The summed E-state index contributed by atoms with van der Waals surface area (Å²) in [4.78, 5) is 0. The smallest absolute Gasteiger partial charge is 0.119 e. The molecule has 2 N–H and O–H groups in total. The van der Waals surface area contributed by atoms with Crippen LogP contribution >= 0.6 is 0 Å². The number of benzene rings is 2. The van der Waals surface area contributed by atoms with Gasteiger partial charge in [0.25, 0.3) is 0 Å². The van der Waals surface area contributed by atoms with E-state index in [9.17, 15) is 0 Å². The first-order valence-corrected chi connectivity index (χ1v) is 8.36. The molecule has 2 aromatic rings. The van der Waals surface area contributed by atoms with Crippen molar-refractivity contribution in [1.29, 1.82) is 0 Å². The lowest BCUT2D eigenvalue weighted by Crippen LogP contribution is -2.05. The molecule has 1 aliphatic rings. The van der Waals surface area contributed by atoms with Crippen molar-refractivity contribution in [3.05, 3.63) is 65.2 Å². The van der Waals surface area contributed by atoms with Crippen LogP contribution in [0.3, 0.4) is 0 Å². The third-order valence-corrected chi connectivity index (χ3v) is 4.69. The highest BCUT2D eigenvalue weighted by atomic mass is 16.5. The van der Waals surface area contributed by atoms with Crippen molar-refractivity contribution in [3.63, 3.8) is 0 Å². The van der Waals surface area contributed by atoms with E-state index >= 15 is 0 Å². The fraction of sp³-hybridized carbons (Fsp3) is 0.400. The molecule has 1 aliphatic carbocycles. The lowest BCUT2D eigenvalue weighted by molar-refractivity contribution is 0.304. The lowest BCUT2D eigenvalue weighted by atomic mass is 9.84. The predicted molar refractivity (Wildman–Crippen MR) is 90.9 cm³/mol. The molecule has 3 rings (SSSR count). The van der Waals surface area contributed by atoms with Crippen molar-refractivity contribution in [2.45, 2.75) is 51.2 Å². The van der Waals surface area contributed by atoms with E-state index < -0.39 is 0 Å². The maximum Gasteiger partial charge on any atom is 0.119 e. The van der Waals surface area contributed by atoms with Gasteiger partial charge in [0.15, 0.2) is 0 Å². The van der Waals surface area contributed by atoms with E-state index in [0.717, 1.165) is 17.2 Å². The van der Waals surface area contributed by atoms with Gasteiger partial charge in [0.2, 0.25) is 0 Å². The van der Waals surface area contributed by atoms with E-state index in [1.165, 1.54) is 43.2 Å². The Balaban J connectivity index is 1.61. The van der Waals surface area contributed by atoms with Crippen LogP contribution in [0.4, 0.5) is 0 Å². The summed E-state index contributed by atoms with van der Waals surface area (Å²) in [5.74, 6) is 1.69. The van der Waals surface area contributed by atoms with Gasteiger partial charge in [0.1, 0.15) is 12.4 Å². The first-order valence-electron chi connectivity index (χ1n) is 8.36. The number of rotatable bonds is 5. The van der Waals surface area contributed by atoms with Gasteiger partial charge in [-0.15, -0.1) is 0 Å². The Morgan fingerprint density at radius 1 is 0.864 bits per heavy atom. The first-order chi connectivity index (χ1) is 10.9. The lowest BCUT2D eigenvalue weighted by Gasteiger charge is -2.22. The monoisotopic (exact) mass is 295 g/mol. The zero-order valence-corrected chi connectivity index (χ0v) is 13.1. The van der Waals surface area contributed by atoms with Gasteiger partial charge < -0.3 is 10.5 Å². The molecule has 2 nitrogen and oxygen atoms in total. The van der Waals surface area contributed by atoms with Gasteiger partial charge in [0, 0.05) is 6.54 Å². The molecule has 0 saturated heterocycles. The zero-order valence-electron chi connectivity index (χ0n) is 13.1. The summed E-state index contributed by atoms with van der Waals surface area (Å²) < 4.78 is 5.92. The van der Waals surface area contributed by atoms with Crippen molar-refractivity contribution in [2.24, 2.45) is 5.73 Å². The van der Waals surface area contributed by atoms with Crippen LogP contribution in [0.1, 0.15) is 54.7 Å². The fourth-order valence-electron chi connectivity index (χ4n) is 3.33. The quantitative estimate of drug-likeness (QED) is 0.862. The van der Waals surface area contributed by atoms with Crippen LogP contribution in [0.5, 0.6) is 5.75 Å². The highest BCUT2D eigenvalue weighted by molar-refractivity contribution is 5.31. The Labute approximate surface area is 133 Å². The number of hydrogen-bond acceptors (Lipinski definition) is 2. The Kier molecular flexibility index (Phi) is 5.12. The van der Waals surface area contributed by atoms with Gasteiger partial charge in [-0.05, 0) is 47.6 Å². The van der Waals surface area contributed by atoms with Gasteiger partial charge in [0.05, 0.1) is 0 Å². The van der Waals surface area contributed by atoms with E-state index in [2.05, 4.69) is 36.4 Å². The van der Waals surface area contributed by atoms with Gasteiger partial charge >= 0.3 is 0 Å². The molecule has 116 valence electrons. The van der Waals surface area contributed by atoms with E-state index in [1.807, 2.05) is 12.1 Å². The van der Waals surface area contributed by atoms with Crippen molar-refractivity contribution in [1.82, 2.24) is 0 Å². The van der Waals surface area contributed by atoms with Crippen LogP contribution < -0.4 is 10.5 Å². The standard InChI is InChI=1S/C20H25NO/c21-14-18-8-4-5-9-19(18)15-22-20-12-10-17(11-13-20)16-6-2-1-3-7-16/h4-5,8-13,16H,1-3,6-7,14-15,21H2. The van der Waals surface area contributed by atoms with E-state index in [-0.39, 0.29) is 0 Å². The fourth-order valence-corrected chi connectivity index (χ4v) is 3.33. The Hall–Kier alpha value is -1.80. The van der Waals surface area contributed by atoms with Crippen molar-refractivity contribution >= 4 is 0 Å². The van der Waals surface area contributed by atoms with Crippen LogP contribution in [-0.2, 0) is 13.2 Å². The summed E-state index contributed by atoms with van der Waals surface area (Å²) in [5.41, 5.74) is 9.56. The van der Waals surface area contributed by atoms with Crippen LogP contribution in [0.15, 0.2) is 48.5 Å². The Morgan fingerprint density at radius 3 is 2.23 bits per heavy atom. The van der Waals surface area contributed by atoms with Crippen molar-refractivity contribution < 1.29 is 4.74 Å². The second-order valence-corrected chi connectivity index (χ2v) is 6.17. The minimum Gasteiger partial charge on any atom is -0.489 e. The number of ether oxygens (including phenoxy) is 1. The molecule has 1 fully saturated rings. The van der Waals surface area contributed by atoms with Crippen LogP contribution in [0.25, 0.3) is 0 Å². The van der Waals surface area contributed by atoms with Gasteiger partial charge in [-0.3, -0.25) is 0 Å². The van der Waals surface area contributed by atoms with Crippen LogP contribution in [0, 0.1) is 0 Å². The van der Waals surface area contributed by atoms with Gasteiger partial charge in [-0.1, -0.05) is 55.7 Å². The molecule has 2 aromatic carbocycles. The molecule has 0 aromatic heterocycles. The topological polar surface area (TPSA) is 35.2 Å². The molecule has 0 heterocycles. The molecule has 0 radical (unpaired) electrons. The van der Waals surface area contributed by atoms with Crippen LogP contribution in [-0.4, -0.2) is 0 Å². The summed E-state index contributed by atoms with van der Waals surface area (Å²) in [5, 5.41) is 0. The highest BCUT2D eigenvalue weighted by Crippen LogP contribution is 2.33. The van der Waals surface area contributed by atoms with E-state index in [1.54, 1.807) is 0 Å². The van der Waals surface area contributed by atoms with Crippen molar-refractivity contribution in [3.8, 4) is 5.75 Å². The maximum atomic E-state index is 5.92. The molecule has 0 aliphatic heterocycles. The molecule has 0 spiro atoms. The third-order valence-electron chi connectivity index (χ3n) is 4.69. The summed E-state index contributed by atoms with van der Waals surface area (Å²) >= 11 is 0. The first kappa shape index (κ1) is 15.1. The molecule has 0 unspecified atom stereocenters. The Bertz CT molecular complexity index is 585. The summed E-state index contributed by atoms with van der Waals surface area (Å²) in [6.07, 6.45) is 6.82. The number of nitrogens with two attached hydrogens (primary N) is 1. The van der Waals surface area contributed by atoms with Gasteiger partial charge in [-0.2, -0.15) is 0 Å². The minimum absolute atomic E-state index is 0.556. The normalized spacial score (nSPS) is 15.7. The molecule has 0 bridgehead atoms. The summed E-state index contributed by atoms with van der Waals surface area (Å²) in [6, 6.07) is 16.9. The maximum absolute atomic E-state index is 5.92. The molecule has 1 saturated carbocycles. The molecule has 0 atom stereocenters. The van der Waals surface area contributed by atoms with Crippen LogP contribution in [0.2, 0.25) is 0 Å². The molecular weight excluding hydrogens is 270 g/mol. The molecule has 2 heteroatoms. The summed E-state index contributed by atoms with van der Waals surface area (Å²) in [6.45, 7) is 1.14. The second kappa shape index (κ2) is 7.46. The SMILES string of the molecule is NCc1ccccc1COc1ccc(C2CCCCC2)cc1. The highest BCUT2D eigenvalue weighted by Gasteiger charge is 2.15. The average molecular weight is 295 g/mol. The third kappa shape index (κ3) is 3.69. The van der Waals surface area contributed by atoms with E-state index in [0.29, 0.717) is 13.2 Å². The molecule has 22 heavy (non-hydrogen) atoms.